The van der Waals surface area contributed by atoms with Gasteiger partial charge in [-0.25, -0.2) is 13.4 Å². The second-order valence-electron chi connectivity index (χ2n) is 9.70. The minimum Gasteiger partial charge on any atom is -0.493 e. The van der Waals surface area contributed by atoms with Crippen LogP contribution in [0.2, 0.25) is 0 Å². The van der Waals surface area contributed by atoms with Gasteiger partial charge >= 0.3 is 0 Å². The molecule has 1 aromatic rings. The molecule has 12 heteroatoms. The molecule has 0 spiro atoms. The van der Waals surface area contributed by atoms with Crippen LogP contribution in [0.5, 0.6) is 11.5 Å². The highest BCUT2D eigenvalue weighted by molar-refractivity contribution is 7.91. The van der Waals surface area contributed by atoms with E-state index in [1.54, 1.807) is 24.1 Å². The lowest BCUT2D eigenvalue weighted by Gasteiger charge is -2.42. The summed E-state index contributed by atoms with van der Waals surface area (Å²) in [5.41, 5.74) is 7.10. The van der Waals surface area contributed by atoms with Crippen molar-refractivity contribution in [2.24, 2.45) is 22.7 Å². The molecule has 0 bridgehead atoms. The topological polar surface area (TPSA) is 132 Å². The molecule has 2 heterocycles. The number of carbonyl (C=O) groups excluding carboxylic acids is 2. The highest BCUT2D eigenvalue weighted by Crippen LogP contribution is 2.38. The van der Waals surface area contributed by atoms with E-state index in [0.717, 1.165) is 17.7 Å². The first-order valence-corrected chi connectivity index (χ1v) is 14.6. The van der Waals surface area contributed by atoms with Gasteiger partial charge in [0.05, 0.1) is 43.4 Å². The summed E-state index contributed by atoms with van der Waals surface area (Å²) >= 11 is 0. The summed E-state index contributed by atoms with van der Waals surface area (Å²) in [5, 5.41) is 6.55. The Labute approximate surface area is 230 Å². The number of hydrogen-bond acceptors (Lipinski definition) is 8. The van der Waals surface area contributed by atoms with Gasteiger partial charge in [0.25, 0.3) is 0 Å². The van der Waals surface area contributed by atoms with Gasteiger partial charge in [-0.15, -0.1) is 12.4 Å². The van der Waals surface area contributed by atoms with E-state index in [1.165, 1.54) is 0 Å². The van der Waals surface area contributed by atoms with Crippen LogP contribution in [0.15, 0.2) is 35.5 Å². The highest BCUT2D eigenvalue weighted by atomic mass is 35.5. The molecule has 210 valence electrons. The van der Waals surface area contributed by atoms with Crippen molar-refractivity contribution in [3.63, 3.8) is 0 Å². The normalized spacial score (nSPS) is 21.9. The van der Waals surface area contributed by atoms with E-state index in [4.69, 9.17) is 20.3 Å². The molecule has 4 rings (SSSR count). The lowest BCUT2D eigenvalue weighted by atomic mass is 9.76. The summed E-state index contributed by atoms with van der Waals surface area (Å²) in [6, 6.07) is 5.58. The summed E-state index contributed by atoms with van der Waals surface area (Å²) in [6.07, 6.45) is 6.71. The quantitative estimate of drug-likeness (QED) is 0.451. The molecular formula is C26H37ClN4O6S. The number of carbonyl (C=O) groups is 2. The molecule has 38 heavy (non-hydrogen) atoms. The van der Waals surface area contributed by atoms with E-state index in [-0.39, 0.29) is 66.6 Å². The second kappa shape index (κ2) is 12.9. The Balaban J connectivity index is 0.00000400. The number of sulfone groups is 1. The van der Waals surface area contributed by atoms with Crippen LogP contribution in [-0.4, -0.2) is 87.3 Å². The molecule has 1 fully saturated rings. The summed E-state index contributed by atoms with van der Waals surface area (Å²) in [6.45, 7) is 0.966. The van der Waals surface area contributed by atoms with Crippen molar-refractivity contribution in [3.05, 3.63) is 35.9 Å². The molecule has 0 unspecified atom stereocenters. The van der Waals surface area contributed by atoms with Crippen LogP contribution >= 0.6 is 12.4 Å². The number of hydrogen-bond donors (Lipinski definition) is 1. The maximum absolute atomic E-state index is 13.5. The smallest absolute Gasteiger partial charge is 0.247 e. The maximum Gasteiger partial charge on any atom is 0.247 e. The van der Waals surface area contributed by atoms with Crippen molar-refractivity contribution in [1.82, 2.24) is 9.91 Å². The molecule has 0 saturated carbocycles. The molecule has 3 aliphatic rings. The number of nitrogens with zero attached hydrogens (tertiary/aromatic N) is 3. The molecule has 0 aromatic heterocycles. The fraction of sp³-hybridized carbons (Fsp3) is 0.577. The van der Waals surface area contributed by atoms with Gasteiger partial charge in [0.15, 0.2) is 21.3 Å². The predicted molar refractivity (Wildman–Crippen MR) is 147 cm³/mol. The maximum atomic E-state index is 13.5. The van der Waals surface area contributed by atoms with E-state index in [1.807, 2.05) is 18.2 Å². The SMILES string of the molecule is COc1ccc(C2=NN(C3CCN(C(=O)CCS(=O)(=O)CCN)CC3)C(=O)[C@@H]3CC=CC[C@H]23)cc1OC.Cl. The van der Waals surface area contributed by atoms with Crippen LogP contribution in [0.25, 0.3) is 0 Å². The number of fused-ring (bicyclic) bond motifs is 1. The van der Waals surface area contributed by atoms with Gasteiger partial charge < -0.3 is 20.1 Å². The standard InChI is InChI=1S/C26H36N4O6S.ClH/c1-35-22-8-7-18(17-23(22)36-2)25-20-5-3-4-6-21(20)26(32)30(28-25)19-9-13-29(14-10-19)24(31)11-15-37(33,34)16-12-27;/h3-4,7-8,17,19-21H,5-6,9-16,27H2,1-2H3;1H/t20-,21+;/m0./s1. The lowest BCUT2D eigenvalue weighted by molar-refractivity contribution is -0.142. The minimum absolute atomic E-state index is 0. The zero-order chi connectivity index (χ0) is 26.6. The van der Waals surface area contributed by atoms with Gasteiger partial charge in [-0.1, -0.05) is 12.2 Å². The number of nitrogens with two attached hydrogens (primary N) is 1. The van der Waals surface area contributed by atoms with Crippen LogP contribution in [-0.2, 0) is 19.4 Å². The Hall–Kier alpha value is -2.63. The third-order valence-corrected chi connectivity index (χ3v) is 9.12. The van der Waals surface area contributed by atoms with Crippen LogP contribution in [0.1, 0.15) is 37.7 Å². The molecule has 1 saturated heterocycles. The first-order valence-electron chi connectivity index (χ1n) is 12.7. The van der Waals surface area contributed by atoms with Gasteiger partial charge in [-0.05, 0) is 43.9 Å². The van der Waals surface area contributed by atoms with Crippen LogP contribution in [0.3, 0.4) is 0 Å². The fourth-order valence-electron chi connectivity index (χ4n) is 5.37. The number of benzene rings is 1. The number of allylic oxidation sites excluding steroid dienone is 2. The molecule has 0 radical (unpaired) electrons. The summed E-state index contributed by atoms with van der Waals surface area (Å²) in [4.78, 5) is 27.8. The van der Waals surface area contributed by atoms with Crippen molar-refractivity contribution in [2.45, 2.75) is 38.1 Å². The van der Waals surface area contributed by atoms with Gasteiger partial charge in [0, 0.05) is 37.5 Å². The Morgan fingerprint density at radius 1 is 1.05 bits per heavy atom. The monoisotopic (exact) mass is 568 g/mol. The van der Waals surface area contributed by atoms with E-state index in [9.17, 15) is 18.0 Å². The molecule has 1 aliphatic carbocycles. The fourth-order valence-corrected chi connectivity index (χ4v) is 6.42. The third kappa shape index (κ3) is 6.50. The Bertz CT molecular complexity index is 1180. The van der Waals surface area contributed by atoms with Crippen molar-refractivity contribution < 1.29 is 27.5 Å². The predicted octanol–water partition coefficient (Wildman–Crippen LogP) is 2.01. The van der Waals surface area contributed by atoms with Crippen LogP contribution in [0.4, 0.5) is 0 Å². The van der Waals surface area contributed by atoms with Gasteiger partial charge in [0.2, 0.25) is 11.8 Å². The van der Waals surface area contributed by atoms with Gasteiger partial charge in [-0.3, -0.25) is 9.59 Å². The number of piperidine rings is 1. The molecule has 2 atom stereocenters. The first-order chi connectivity index (χ1) is 17.8. The Morgan fingerprint density at radius 2 is 1.71 bits per heavy atom. The molecule has 2 amide bonds. The molecule has 10 nitrogen and oxygen atoms in total. The average Bonchev–Trinajstić information content (AvgIpc) is 2.92. The van der Waals surface area contributed by atoms with E-state index in [0.29, 0.717) is 43.9 Å². The zero-order valence-corrected chi connectivity index (χ0v) is 23.5. The van der Waals surface area contributed by atoms with E-state index < -0.39 is 9.84 Å². The number of rotatable bonds is 9. The van der Waals surface area contributed by atoms with Crippen LogP contribution in [0, 0.1) is 11.8 Å². The first kappa shape index (κ1) is 29.9. The number of likely N-dealkylation sites (tertiary alicyclic amines) is 1. The highest BCUT2D eigenvalue weighted by Gasteiger charge is 2.43. The zero-order valence-electron chi connectivity index (χ0n) is 21.9. The molecule has 2 N–H and O–H groups in total. The number of halogens is 1. The molecule has 1 aromatic carbocycles. The van der Waals surface area contributed by atoms with Crippen molar-refractivity contribution in [1.29, 1.82) is 0 Å². The second-order valence-corrected chi connectivity index (χ2v) is 12.0. The van der Waals surface area contributed by atoms with Gasteiger partial charge in [-0.2, -0.15) is 5.10 Å². The minimum atomic E-state index is -3.32. The largest absolute Gasteiger partial charge is 0.493 e. The average molecular weight is 569 g/mol. The van der Waals surface area contributed by atoms with Gasteiger partial charge in [0.1, 0.15) is 0 Å². The summed E-state index contributed by atoms with van der Waals surface area (Å²) in [7, 11) is -0.136. The number of hydrazone groups is 1. The Kier molecular flexibility index (Phi) is 10.2. The summed E-state index contributed by atoms with van der Waals surface area (Å²) < 4.78 is 34.7. The van der Waals surface area contributed by atoms with Crippen molar-refractivity contribution in [3.8, 4) is 11.5 Å². The lowest BCUT2D eigenvalue weighted by Crippen LogP contribution is -2.52. The Morgan fingerprint density at radius 3 is 2.34 bits per heavy atom. The number of amides is 2. The van der Waals surface area contributed by atoms with Crippen LogP contribution < -0.4 is 15.2 Å². The number of methoxy groups -OCH3 is 2. The van der Waals surface area contributed by atoms with Crippen molar-refractivity contribution in [2.75, 3.05) is 45.4 Å². The van der Waals surface area contributed by atoms with E-state index in [2.05, 4.69) is 12.2 Å². The summed E-state index contributed by atoms with van der Waals surface area (Å²) in [5.74, 6) is 0.576. The molecular weight excluding hydrogens is 532 g/mol. The van der Waals surface area contributed by atoms with E-state index >= 15 is 0 Å². The molecule has 2 aliphatic heterocycles. The van der Waals surface area contributed by atoms with Crippen molar-refractivity contribution >= 4 is 39.8 Å². The number of ether oxygens (including phenoxy) is 2. The third-order valence-electron chi connectivity index (χ3n) is 7.44.